The normalized spacial score (nSPS) is 14.2. The van der Waals surface area contributed by atoms with Gasteiger partial charge in [-0.05, 0) is 86.6 Å². The van der Waals surface area contributed by atoms with Crippen LogP contribution in [0.3, 0.4) is 0 Å². The maximum atomic E-state index is 12.9. The largest absolute Gasteiger partial charge is 0.415 e. The van der Waals surface area contributed by atoms with E-state index in [1.165, 1.54) is 21.0 Å². The second-order valence-electron chi connectivity index (χ2n) is 13.9. The van der Waals surface area contributed by atoms with Gasteiger partial charge in [-0.15, -0.1) is 10.2 Å². The molecule has 19 heteroatoms. The summed E-state index contributed by atoms with van der Waals surface area (Å²) in [5.74, 6) is -1.09. The maximum Gasteiger partial charge on any atom is 0.314 e. The van der Waals surface area contributed by atoms with Crippen LogP contribution in [0.25, 0.3) is 11.5 Å². The summed E-state index contributed by atoms with van der Waals surface area (Å²) < 4.78 is 84.5. The molecule has 15 nitrogen and oxygen atoms in total. The molecule has 2 aliphatic heterocycles. The molecule has 0 aliphatic carbocycles. The number of hydrogen-bond donors (Lipinski definition) is 1. The Morgan fingerprint density at radius 2 is 1.28 bits per heavy atom. The summed E-state index contributed by atoms with van der Waals surface area (Å²) in [7, 11) is -3.07. The Morgan fingerprint density at radius 3 is 1.69 bits per heavy atom. The summed E-state index contributed by atoms with van der Waals surface area (Å²) in [6.07, 6.45) is -0.00405. The lowest BCUT2D eigenvalue weighted by Crippen LogP contribution is -2.33. The lowest BCUT2D eigenvalue weighted by molar-refractivity contribution is 0.100. The average molecular weight is 838 g/mol. The van der Waals surface area contributed by atoms with Crippen molar-refractivity contribution in [2.75, 3.05) is 40.8 Å². The van der Waals surface area contributed by atoms with E-state index in [2.05, 4.69) is 30.0 Å². The number of ketones is 1. The van der Waals surface area contributed by atoms with E-state index < -0.39 is 32.4 Å². The third-order valence-electron chi connectivity index (χ3n) is 9.81. The fourth-order valence-corrected chi connectivity index (χ4v) is 8.98. The molecule has 5 heterocycles. The van der Waals surface area contributed by atoms with Crippen LogP contribution in [-0.4, -0.2) is 84.7 Å². The number of Topliss-reactive ketones (excluding diaryl/α,β-unsaturated/α-hetero) is 1. The molecule has 2 aliphatic rings. The highest BCUT2D eigenvalue weighted by Crippen LogP contribution is 2.35. The van der Waals surface area contributed by atoms with Crippen LogP contribution in [0.1, 0.15) is 70.2 Å². The van der Waals surface area contributed by atoms with Crippen molar-refractivity contribution in [3.8, 4) is 11.5 Å². The van der Waals surface area contributed by atoms with E-state index >= 15 is 0 Å². The fourth-order valence-electron chi connectivity index (χ4n) is 6.76. The molecular weight excluding hydrogens is 793 g/mol. The molecule has 0 spiro atoms. The van der Waals surface area contributed by atoms with E-state index in [-0.39, 0.29) is 42.8 Å². The summed E-state index contributed by atoms with van der Waals surface area (Å²) in [5, 5.41) is 6.90. The molecule has 0 unspecified atom stereocenters. The van der Waals surface area contributed by atoms with Crippen molar-refractivity contribution < 1.29 is 34.8 Å². The molecular formula is C39H45F2N9O6S2. The quantitative estimate of drug-likeness (QED) is 0.149. The zero-order chi connectivity index (χ0) is 41.8. The molecule has 58 heavy (non-hydrogen) atoms. The molecule has 0 fully saturated rings. The molecule has 0 saturated carbocycles. The number of carbonyl (C=O) groups is 1. The number of nitrogens with two attached hydrogens (primary N) is 1. The standard InChI is InChI=1S/C20H21F2N5O3S.C19H24N4O3S/c1-3-31(28,29)27(17-6-4-5-14-10-26(2)12-16(14)17)11-15-8-7-13(9-23-15)19-24-25-20(30-19)18(21)22;1-3-27(25,26)23(12-16-8-7-14(10-21-16)19(24)9-20)18-6-4-5-15-11-22(2)13-17(15)18/h4-9,18H,3,10-12H2,1-2H3;4-8,10H,3,9,11-13,20H2,1-2H3. The van der Waals surface area contributed by atoms with Crippen LogP contribution in [-0.2, 0) is 59.3 Å². The number of anilines is 2. The van der Waals surface area contributed by atoms with Crippen LogP contribution in [0.5, 0.6) is 0 Å². The van der Waals surface area contributed by atoms with Crippen molar-refractivity contribution in [1.82, 2.24) is 30.0 Å². The molecule has 7 rings (SSSR count). The number of rotatable bonds is 14. The summed E-state index contributed by atoms with van der Waals surface area (Å²) in [5.41, 5.74) is 12.8. The molecule has 0 amide bonds. The van der Waals surface area contributed by atoms with Crippen molar-refractivity contribution in [2.24, 2.45) is 5.73 Å². The zero-order valence-corrected chi connectivity index (χ0v) is 34.2. The highest BCUT2D eigenvalue weighted by atomic mass is 32.2. The summed E-state index contributed by atoms with van der Waals surface area (Å²) in [6.45, 7) is 6.25. The number of hydrogen-bond acceptors (Lipinski definition) is 13. The van der Waals surface area contributed by atoms with E-state index in [1.54, 1.807) is 38.1 Å². The molecule has 5 aromatic rings. The van der Waals surface area contributed by atoms with Gasteiger partial charge in [-0.3, -0.25) is 33.2 Å². The number of alkyl halides is 2. The van der Waals surface area contributed by atoms with Gasteiger partial charge >= 0.3 is 6.43 Å². The van der Waals surface area contributed by atoms with Gasteiger partial charge in [0, 0.05) is 44.1 Å². The molecule has 0 radical (unpaired) electrons. The number of halogens is 2. The fraction of sp³-hybridized carbons (Fsp3) is 0.359. The SMILES string of the molecule is CCS(=O)(=O)N(Cc1ccc(-c2nnc(C(F)F)o2)cn1)c1cccc2c1CN(C)C2.CCS(=O)(=O)N(Cc1ccc(C(=O)CN)cn1)c1cccc2c1CN(C)C2. The molecule has 308 valence electrons. The number of pyridine rings is 2. The molecule has 2 aromatic carbocycles. The highest BCUT2D eigenvalue weighted by Gasteiger charge is 2.30. The summed E-state index contributed by atoms with van der Waals surface area (Å²) >= 11 is 0. The molecule has 0 atom stereocenters. The smallest absolute Gasteiger partial charge is 0.314 e. The van der Waals surface area contributed by atoms with Crippen molar-refractivity contribution >= 4 is 37.2 Å². The number of fused-ring (bicyclic) bond motifs is 2. The van der Waals surface area contributed by atoms with Crippen LogP contribution in [0.4, 0.5) is 20.2 Å². The first-order valence-corrected chi connectivity index (χ1v) is 21.7. The molecule has 0 bridgehead atoms. The Hall–Kier alpha value is -5.21. The highest BCUT2D eigenvalue weighted by molar-refractivity contribution is 7.93. The maximum absolute atomic E-state index is 12.9. The second kappa shape index (κ2) is 17.7. The predicted molar refractivity (Wildman–Crippen MR) is 215 cm³/mol. The van der Waals surface area contributed by atoms with E-state index in [0.717, 1.165) is 35.3 Å². The first-order chi connectivity index (χ1) is 27.6. The summed E-state index contributed by atoms with van der Waals surface area (Å²) in [6, 6.07) is 18.0. The second-order valence-corrected chi connectivity index (χ2v) is 18.3. The topological polar surface area (TPSA) is 189 Å². The van der Waals surface area contributed by atoms with Gasteiger partial charge in [-0.1, -0.05) is 24.3 Å². The minimum absolute atomic E-state index is 0.00372. The van der Waals surface area contributed by atoms with Gasteiger partial charge in [0.25, 0.3) is 5.89 Å². The van der Waals surface area contributed by atoms with Crippen molar-refractivity contribution in [3.05, 3.63) is 118 Å². The number of aromatic nitrogens is 4. The Balaban J connectivity index is 0.000000198. The number of nitrogens with zero attached hydrogens (tertiary/aromatic N) is 8. The Bertz CT molecular complexity index is 2470. The van der Waals surface area contributed by atoms with Crippen molar-refractivity contribution in [2.45, 2.75) is 59.5 Å². The third-order valence-corrected chi connectivity index (χ3v) is 13.3. The molecule has 2 N–H and O–H groups in total. The predicted octanol–water partition coefficient (Wildman–Crippen LogP) is 4.90. The minimum Gasteiger partial charge on any atom is -0.415 e. The van der Waals surface area contributed by atoms with Crippen LogP contribution < -0.4 is 14.3 Å². The first-order valence-electron chi connectivity index (χ1n) is 18.5. The van der Waals surface area contributed by atoms with Crippen LogP contribution in [0.2, 0.25) is 0 Å². The monoisotopic (exact) mass is 837 g/mol. The number of carbonyl (C=O) groups excluding carboxylic acids is 1. The number of benzene rings is 2. The number of sulfonamides is 2. The van der Waals surface area contributed by atoms with Crippen LogP contribution >= 0.6 is 0 Å². The molecule has 3 aromatic heterocycles. The Kier molecular flexibility index (Phi) is 13.0. The van der Waals surface area contributed by atoms with E-state index in [1.807, 2.05) is 50.5 Å². The van der Waals surface area contributed by atoms with Gasteiger partial charge in [0.1, 0.15) is 0 Å². The Labute approximate surface area is 336 Å². The van der Waals surface area contributed by atoms with Gasteiger partial charge in [-0.25, -0.2) is 16.8 Å². The zero-order valence-electron chi connectivity index (χ0n) is 32.5. The van der Waals surface area contributed by atoms with Gasteiger partial charge in [0.2, 0.25) is 25.9 Å². The van der Waals surface area contributed by atoms with Gasteiger partial charge < -0.3 is 10.2 Å². The average Bonchev–Trinajstić information content (AvgIpc) is 3.97. The lowest BCUT2D eigenvalue weighted by Gasteiger charge is -2.26. The van der Waals surface area contributed by atoms with E-state index in [4.69, 9.17) is 10.2 Å². The van der Waals surface area contributed by atoms with Gasteiger partial charge in [-0.2, -0.15) is 8.78 Å². The first kappa shape index (κ1) is 42.4. The lowest BCUT2D eigenvalue weighted by atomic mass is 10.1. The summed E-state index contributed by atoms with van der Waals surface area (Å²) in [4.78, 5) is 24.5. The van der Waals surface area contributed by atoms with Crippen LogP contribution in [0, 0.1) is 0 Å². The Morgan fingerprint density at radius 1 is 0.759 bits per heavy atom. The van der Waals surface area contributed by atoms with Crippen molar-refractivity contribution in [1.29, 1.82) is 0 Å². The molecule has 0 saturated heterocycles. The van der Waals surface area contributed by atoms with Crippen LogP contribution in [0.15, 0.2) is 77.5 Å². The third kappa shape index (κ3) is 9.39. The van der Waals surface area contributed by atoms with E-state index in [9.17, 15) is 30.4 Å². The van der Waals surface area contributed by atoms with Gasteiger partial charge in [0.05, 0.1) is 59.5 Å². The van der Waals surface area contributed by atoms with Crippen molar-refractivity contribution in [3.63, 3.8) is 0 Å². The van der Waals surface area contributed by atoms with E-state index in [0.29, 0.717) is 47.0 Å². The van der Waals surface area contributed by atoms with Gasteiger partial charge in [0.15, 0.2) is 5.78 Å². The minimum atomic E-state index is -3.57.